The van der Waals surface area contributed by atoms with Crippen molar-refractivity contribution >= 4 is 55.7 Å². The largest absolute Gasteiger partial charge is 0.497 e. The smallest absolute Gasteiger partial charge is 0.321 e. The Labute approximate surface area is 575 Å². The van der Waals surface area contributed by atoms with Crippen molar-refractivity contribution in [2.45, 2.75) is 155 Å². The second-order valence-electron chi connectivity index (χ2n) is 26.4. The lowest BCUT2D eigenvalue weighted by Crippen LogP contribution is -2.57. The first-order valence-corrected chi connectivity index (χ1v) is 37.0. The summed E-state index contributed by atoms with van der Waals surface area (Å²) in [6.45, 7) is 1.37. The van der Waals surface area contributed by atoms with Gasteiger partial charge in [-0.1, -0.05) is 110 Å². The van der Waals surface area contributed by atoms with Crippen LogP contribution in [-0.2, 0) is 45.8 Å². The second kappa shape index (κ2) is 30.0. The van der Waals surface area contributed by atoms with Gasteiger partial charge in [0.2, 0.25) is 43.6 Å². The van der Waals surface area contributed by atoms with Gasteiger partial charge in [-0.15, -0.1) is 0 Å². The Balaban J connectivity index is 0.000000191. The Hall–Kier alpha value is -9.38. The Morgan fingerprint density at radius 3 is 1.53 bits per heavy atom. The Bertz CT molecular complexity index is 4090. The summed E-state index contributed by atoms with van der Waals surface area (Å²) in [5, 5.41) is 7.50. The Morgan fingerprint density at radius 1 is 0.576 bits per heavy atom. The highest BCUT2D eigenvalue weighted by Crippen LogP contribution is 2.48. The molecule has 8 atom stereocenters. The van der Waals surface area contributed by atoms with Gasteiger partial charge < -0.3 is 54.3 Å². The number of urea groups is 2. The van der Waals surface area contributed by atoms with Crippen LogP contribution in [0.1, 0.15) is 108 Å². The number of carbonyl (C=O) groups is 6. The lowest BCUT2D eigenvalue weighted by molar-refractivity contribution is -0.131. The number of aromatic nitrogens is 4. The first-order valence-electron chi connectivity index (χ1n) is 33.9. The highest BCUT2D eigenvalue weighted by atomic mass is 32.2. The van der Waals surface area contributed by atoms with E-state index in [-0.39, 0.29) is 74.5 Å². The minimum absolute atomic E-state index is 0.0572. The average Bonchev–Trinajstić information content (AvgIpc) is 1.58. The summed E-state index contributed by atoms with van der Waals surface area (Å²) in [7, 11) is -3.18. The molecule has 4 aliphatic heterocycles. The van der Waals surface area contributed by atoms with Crippen molar-refractivity contribution in [1.29, 1.82) is 0 Å². The minimum atomic E-state index is -3.87. The van der Waals surface area contributed by atoms with Crippen molar-refractivity contribution in [3.63, 3.8) is 0 Å². The monoisotopic (exact) mass is 1400 g/mol. The molecule has 2 aromatic heterocycles. The molecular weight excluding hydrogens is 1310 g/mol. The molecule has 29 heteroatoms. The lowest BCUT2D eigenvalue weighted by Gasteiger charge is -2.32. The zero-order valence-corrected chi connectivity index (χ0v) is 57.2. The van der Waals surface area contributed by atoms with Crippen molar-refractivity contribution in [3.05, 3.63) is 127 Å². The highest BCUT2D eigenvalue weighted by molar-refractivity contribution is 7.91. The molecule has 6 heterocycles. The lowest BCUT2D eigenvalue weighted by atomic mass is 10.1. The van der Waals surface area contributed by atoms with E-state index < -0.39 is 101 Å². The highest BCUT2D eigenvalue weighted by Gasteiger charge is 2.63. The maximum absolute atomic E-state index is 14.6. The number of hydrogen-bond donors (Lipinski definition) is 5. The van der Waals surface area contributed by atoms with E-state index >= 15 is 0 Å². The number of benzene rings is 3. The van der Waals surface area contributed by atoms with E-state index in [9.17, 15) is 45.6 Å². The molecular formula is C70H84N12O15S2. The van der Waals surface area contributed by atoms with Gasteiger partial charge in [0.25, 0.3) is 11.8 Å². The fourth-order valence-electron chi connectivity index (χ4n) is 13.1. The van der Waals surface area contributed by atoms with E-state index in [2.05, 4.69) is 45.3 Å². The van der Waals surface area contributed by atoms with Gasteiger partial charge in [0.15, 0.2) is 0 Å². The molecule has 0 unspecified atom stereocenters. The van der Waals surface area contributed by atoms with Gasteiger partial charge in [0, 0.05) is 67.6 Å². The normalized spacial score (nSPS) is 26.4. The molecule has 5 aromatic rings. The molecule has 4 aliphatic carbocycles. The number of ether oxygens (including phenoxy) is 5. The predicted octanol–water partition coefficient (Wildman–Crippen LogP) is 6.52. The number of nitrogens with zero attached hydrogens (tertiary/aromatic N) is 7. The van der Waals surface area contributed by atoms with Crippen LogP contribution in [0.2, 0.25) is 0 Å². The van der Waals surface area contributed by atoms with Crippen molar-refractivity contribution in [2.24, 2.45) is 11.8 Å². The van der Waals surface area contributed by atoms with Crippen LogP contribution in [-0.4, -0.2) is 181 Å². The summed E-state index contributed by atoms with van der Waals surface area (Å²) >= 11 is 0. The molecule has 3 aromatic carbocycles. The van der Waals surface area contributed by atoms with Crippen LogP contribution in [0.3, 0.4) is 0 Å². The number of carbonyl (C=O) groups excluding carboxylic acids is 6. The summed E-state index contributed by atoms with van der Waals surface area (Å²) in [6.07, 6.45) is 15.8. The predicted molar refractivity (Wildman–Crippen MR) is 363 cm³/mol. The van der Waals surface area contributed by atoms with Crippen LogP contribution in [0.5, 0.6) is 29.5 Å². The number of amides is 8. The molecule has 8 aliphatic rings. The fourth-order valence-corrected chi connectivity index (χ4v) is 15.8. The molecule has 0 spiro atoms. The maximum atomic E-state index is 14.6. The van der Waals surface area contributed by atoms with Crippen molar-refractivity contribution in [2.75, 3.05) is 47.5 Å². The Kier molecular flexibility index (Phi) is 21.1. The van der Waals surface area contributed by atoms with Crippen LogP contribution in [0, 0.1) is 11.8 Å². The van der Waals surface area contributed by atoms with Gasteiger partial charge in [0.1, 0.15) is 41.1 Å². The van der Waals surface area contributed by atoms with Gasteiger partial charge >= 0.3 is 24.1 Å². The molecule has 8 amide bonds. The molecule has 13 rings (SSSR count). The maximum Gasteiger partial charge on any atom is 0.321 e. The Morgan fingerprint density at radius 2 is 1.05 bits per heavy atom. The van der Waals surface area contributed by atoms with Crippen LogP contribution >= 0.6 is 0 Å². The number of rotatable bonds is 17. The molecule has 99 heavy (non-hydrogen) atoms. The van der Waals surface area contributed by atoms with E-state index in [1.54, 1.807) is 24.1 Å². The summed E-state index contributed by atoms with van der Waals surface area (Å²) in [4.78, 5) is 106. The standard InChI is InChI=1S/C39H46N6O8S.C31H38N6O7S/c1-51-29-16-14-26(15-17-29)24-44-20-10-5-3-4-9-13-28-23-39(28,36(47)43-54(49,50)31-18-19-31)42-35(46)33-21-30(25-45(33)38(44)48)53-34-22-32(40-37(41-34)52-2)27-11-7-6-8-12-27;1-43-29-33-24(20-10-6-5-7-11-20)17-26(34-29)44-22-16-25-27(38)35-31(28(39)36-45(41,42)23-13-14-23)18-21(31)12-8-3-2-4-9-15-32-30(40)37(25)19-22/h6-9,11-17,22,28,30-31,33H,3-5,10,18-21,23-25H2,1-2H3,(H,42,46)(H,43,47);5-8,10-12,17,21-23,25H,2-4,9,13-16,18-19H2,1H3,(H,32,40)(H,35,38)(H,36,39)/b13-9-;12-8-/t28-,30-,33+,39-;21-,22-,25+,31-/m11/s1. The second-order valence-corrected chi connectivity index (χ2v) is 30.3. The summed E-state index contributed by atoms with van der Waals surface area (Å²) in [5.41, 5.74) is 0.840. The molecule has 0 radical (unpaired) electrons. The third-order valence-corrected chi connectivity index (χ3v) is 22.8. The third kappa shape index (κ3) is 16.7. The number of allylic oxidation sites excluding steroid dienone is 2. The summed E-state index contributed by atoms with van der Waals surface area (Å²) < 4.78 is 84.1. The van der Waals surface area contributed by atoms with Gasteiger partial charge in [-0.3, -0.25) is 28.6 Å². The van der Waals surface area contributed by atoms with Crippen LogP contribution < -0.4 is 49.1 Å². The molecule has 2 saturated heterocycles. The number of nitrogens with one attached hydrogen (secondary N) is 5. The topological polar surface area (TPSA) is 338 Å². The summed E-state index contributed by atoms with van der Waals surface area (Å²) in [5.74, 6) is -2.23. The number of fused-ring (bicyclic) bond motifs is 4. The molecule has 6 fully saturated rings. The molecule has 0 bridgehead atoms. The number of hydrogen-bond acceptors (Lipinski definition) is 19. The molecule has 27 nitrogen and oxygen atoms in total. The van der Waals surface area contributed by atoms with E-state index in [1.165, 1.54) is 24.0 Å². The SMILES string of the molecule is COc1ccc(CN2CCCCC/C=C\[C@@H]3C[C@@]3(C(=O)NS(=O)(=O)C3CC3)NC(=O)[C@@H]3C[C@@H](Oc4cc(-c5ccccc5)nc(OC)n4)CN3C2=O)cc1.COc1nc(O[C@@H]2C[C@H]3C(=O)N[C@]4(C(=O)NS(=O)(=O)C5CC5)C[C@H]4/C=C\CCCCCNC(=O)N3C2)cc(-c2ccccc2)n1. The van der Waals surface area contributed by atoms with Gasteiger partial charge in [-0.05, 0) is 94.7 Å². The number of sulfonamides is 2. The third-order valence-electron chi connectivity index (χ3n) is 19.2. The van der Waals surface area contributed by atoms with E-state index in [0.29, 0.717) is 62.5 Å². The average molecular weight is 1400 g/mol. The van der Waals surface area contributed by atoms with Gasteiger partial charge in [0.05, 0.1) is 56.3 Å². The first-order chi connectivity index (χ1) is 47.8. The first kappa shape index (κ1) is 69.5. The zero-order chi connectivity index (χ0) is 69.5. The van der Waals surface area contributed by atoms with E-state index in [0.717, 1.165) is 68.1 Å². The van der Waals surface area contributed by atoms with Crippen molar-refractivity contribution in [1.82, 2.24) is 60.0 Å². The zero-order valence-electron chi connectivity index (χ0n) is 55.6. The quantitative estimate of drug-likeness (QED) is 0.0619. The minimum Gasteiger partial charge on any atom is -0.497 e. The van der Waals surface area contributed by atoms with Gasteiger partial charge in [-0.25, -0.2) is 26.4 Å². The fraction of sp³-hybridized carbons (Fsp3) is 0.486. The van der Waals surface area contributed by atoms with Gasteiger partial charge in [-0.2, -0.15) is 19.9 Å². The van der Waals surface area contributed by atoms with Crippen molar-refractivity contribution in [3.8, 4) is 52.0 Å². The molecule has 526 valence electrons. The van der Waals surface area contributed by atoms with Crippen LogP contribution in [0.4, 0.5) is 9.59 Å². The molecule has 4 saturated carbocycles. The summed E-state index contributed by atoms with van der Waals surface area (Å²) in [6, 6.07) is 27.3. The van der Waals surface area contributed by atoms with E-state index in [1.807, 2.05) is 109 Å². The van der Waals surface area contributed by atoms with E-state index in [4.69, 9.17) is 23.7 Å². The van der Waals surface area contributed by atoms with Crippen LogP contribution in [0.25, 0.3) is 22.5 Å². The molecule has 5 N–H and O–H groups in total. The van der Waals surface area contributed by atoms with Crippen molar-refractivity contribution < 1.29 is 69.3 Å². The van der Waals surface area contributed by atoms with Crippen LogP contribution in [0.15, 0.2) is 121 Å². The number of methoxy groups -OCH3 is 3.